The van der Waals surface area contributed by atoms with E-state index in [0.29, 0.717) is 41.7 Å². The van der Waals surface area contributed by atoms with Crippen LogP contribution in [0.3, 0.4) is 0 Å². The van der Waals surface area contributed by atoms with Crippen LogP contribution in [0.4, 0.5) is 0 Å². The fraction of sp³-hybridized carbons (Fsp3) is 0.286. The highest BCUT2D eigenvalue weighted by Crippen LogP contribution is 2.27. The third-order valence-electron chi connectivity index (χ3n) is 6.18. The van der Waals surface area contributed by atoms with E-state index >= 15 is 0 Å². The second kappa shape index (κ2) is 12.4. The van der Waals surface area contributed by atoms with E-state index in [2.05, 4.69) is 4.99 Å². The van der Waals surface area contributed by atoms with Crippen molar-refractivity contribution >= 4 is 49.1 Å². The SMILES string of the molecule is CCOCCn1c(=NC(=O)c2ccc(S(=O)(=O)N(CC)Cc3ccccc3)cc2)sc2ccc(Cl)c(C)c21. The lowest BCUT2D eigenvalue weighted by atomic mass is 10.2. The second-order valence-electron chi connectivity index (χ2n) is 8.61. The van der Waals surface area contributed by atoms with Gasteiger partial charge < -0.3 is 9.30 Å². The Balaban J connectivity index is 1.64. The number of sulfonamides is 1. The summed E-state index contributed by atoms with van der Waals surface area (Å²) in [5, 5.41) is 0.642. The number of carbonyl (C=O) groups excluding carboxylic acids is 1. The lowest BCUT2D eigenvalue weighted by molar-refractivity contribution is 0.0996. The number of hydrogen-bond acceptors (Lipinski definition) is 5. The lowest BCUT2D eigenvalue weighted by Crippen LogP contribution is -2.30. The maximum atomic E-state index is 13.3. The van der Waals surface area contributed by atoms with Gasteiger partial charge in [-0.2, -0.15) is 9.30 Å². The zero-order valence-corrected chi connectivity index (χ0v) is 23.9. The molecule has 0 bridgehead atoms. The van der Waals surface area contributed by atoms with Gasteiger partial charge in [0, 0.05) is 36.8 Å². The molecule has 1 amide bonds. The predicted molar refractivity (Wildman–Crippen MR) is 152 cm³/mol. The smallest absolute Gasteiger partial charge is 0.279 e. The van der Waals surface area contributed by atoms with Crippen molar-refractivity contribution in [2.45, 2.75) is 38.8 Å². The summed E-state index contributed by atoms with van der Waals surface area (Å²) in [6.07, 6.45) is 0. The standard InChI is InChI=1S/C28H30ClN3O4S2/c1-4-31(19-21-9-7-6-8-10-21)38(34,35)23-13-11-22(12-14-23)27(33)30-28-32(17-18-36-5-2)26-20(3)24(29)15-16-25(26)37-28/h6-16H,4-5,17-19H2,1-3H3. The van der Waals surface area contributed by atoms with Crippen molar-refractivity contribution in [2.24, 2.45) is 4.99 Å². The Morgan fingerprint density at radius 1 is 1.05 bits per heavy atom. The number of aromatic nitrogens is 1. The molecule has 4 rings (SSSR count). The normalized spacial score (nSPS) is 12.5. The van der Waals surface area contributed by atoms with Crippen LogP contribution < -0.4 is 4.80 Å². The number of aryl methyl sites for hydroxylation is 1. The van der Waals surface area contributed by atoms with E-state index < -0.39 is 15.9 Å². The molecule has 7 nitrogen and oxygen atoms in total. The fourth-order valence-electron chi connectivity index (χ4n) is 4.13. The summed E-state index contributed by atoms with van der Waals surface area (Å²) in [5.41, 5.74) is 3.05. The van der Waals surface area contributed by atoms with Gasteiger partial charge in [-0.3, -0.25) is 4.79 Å². The predicted octanol–water partition coefficient (Wildman–Crippen LogP) is 5.65. The van der Waals surface area contributed by atoms with E-state index in [1.807, 2.05) is 60.9 Å². The minimum atomic E-state index is -3.73. The molecule has 0 saturated carbocycles. The largest absolute Gasteiger partial charge is 0.380 e. The third kappa shape index (κ3) is 6.08. The van der Waals surface area contributed by atoms with E-state index in [9.17, 15) is 13.2 Å². The number of carbonyl (C=O) groups is 1. The summed E-state index contributed by atoms with van der Waals surface area (Å²) >= 11 is 7.77. The van der Waals surface area contributed by atoms with Crippen molar-refractivity contribution in [1.29, 1.82) is 0 Å². The Bertz CT molecular complexity index is 1600. The topological polar surface area (TPSA) is 81.0 Å². The molecule has 0 aliphatic heterocycles. The summed E-state index contributed by atoms with van der Waals surface area (Å²) in [5.74, 6) is -0.453. The van der Waals surface area contributed by atoms with Crippen LogP contribution in [-0.4, -0.2) is 43.0 Å². The van der Waals surface area contributed by atoms with Gasteiger partial charge in [-0.05, 0) is 61.4 Å². The van der Waals surface area contributed by atoms with Crippen molar-refractivity contribution in [1.82, 2.24) is 8.87 Å². The number of hydrogen-bond donors (Lipinski definition) is 0. The van der Waals surface area contributed by atoms with Crippen molar-refractivity contribution in [3.8, 4) is 0 Å². The van der Waals surface area contributed by atoms with Gasteiger partial charge in [-0.15, -0.1) is 0 Å². The first-order valence-corrected chi connectivity index (χ1v) is 15.0. The maximum Gasteiger partial charge on any atom is 0.279 e. The second-order valence-corrected chi connectivity index (χ2v) is 12.0. The van der Waals surface area contributed by atoms with Crippen molar-refractivity contribution in [2.75, 3.05) is 19.8 Å². The van der Waals surface area contributed by atoms with Crippen molar-refractivity contribution < 1.29 is 17.9 Å². The van der Waals surface area contributed by atoms with Crippen LogP contribution in [-0.2, 0) is 27.8 Å². The van der Waals surface area contributed by atoms with Gasteiger partial charge in [0.25, 0.3) is 5.91 Å². The first kappa shape index (κ1) is 28.2. The minimum absolute atomic E-state index is 0.130. The van der Waals surface area contributed by atoms with Crippen LogP contribution in [0.25, 0.3) is 10.2 Å². The summed E-state index contributed by atoms with van der Waals surface area (Å²) in [4.78, 5) is 18.2. The number of benzene rings is 3. The number of fused-ring (bicyclic) bond motifs is 1. The molecule has 0 aliphatic carbocycles. The highest BCUT2D eigenvalue weighted by atomic mass is 35.5. The highest BCUT2D eigenvalue weighted by Gasteiger charge is 2.23. The molecular weight excluding hydrogens is 542 g/mol. The van der Waals surface area contributed by atoms with Crippen LogP contribution in [0, 0.1) is 6.92 Å². The monoisotopic (exact) mass is 571 g/mol. The Hall–Kier alpha value is -2.82. The molecule has 10 heteroatoms. The van der Waals surface area contributed by atoms with Gasteiger partial charge >= 0.3 is 0 Å². The molecule has 0 aliphatic rings. The molecule has 200 valence electrons. The average Bonchev–Trinajstić information content (AvgIpc) is 3.27. The molecule has 1 aromatic heterocycles. The van der Waals surface area contributed by atoms with Crippen molar-refractivity contribution in [3.63, 3.8) is 0 Å². The van der Waals surface area contributed by atoms with Crippen LogP contribution >= 0.6 is 22.9 Å². The van der Waals surface area contributed by atoms with Gasteiger partial charge in [0.1, 0.15) is 0 Å². The number of rotatable bonds is 10. The average molecular weight is 572 g/mol. The molecular formula is C28H30ClN3O4S2. The van der Waals surface area contributed by atoms with E-state index in [1.165, 1.54) is 39.9 Å². The molecule has 0 spiro atoms. The molecule has 3 aromatic carbocycles. The maximum absolute atomic E-state index is 13.3. The molecule has 0 fully saturated rings. The van der Waals surface area contributed by atoms with Crippen LogP contribution in [0.5, 0.6) is 0 Å². The Morgan fingerprint density at radius 3 is 2.42 bits per heavy atom. The zero-order chi connectivity index (χ0) is 27.3. The summed E-state index contributed by atoms with van der Waals surface area (Å²) < 4.78 is 36.4. The van der Waals surface area contributed by atoms with Crippen molar-refractivity contribution in [3.05, 3.63) is 93.2 Å². The molecule has 0 radical (unpaired) electrons. The zero-order valence-electron chi connectivity index (χ0n) is 21.6. The van der Waals surface area contributed by atoms with Gasteiger partial charge in [0.05, 0.1) is 21.7 Å². The molecule has 0 N–H and O–H groups in total. The van der Waals surface area contributed by atoms with Crippen LogP contribution in [0.2, 0.25) is 5.02 Å². The Labute approximate surface area is 232 Å². The fourth-order valence-corrected chi connectivity index (χ4v) is 6.84. The molecule has 1 heterocycles. The van der Waals surface area contributed by atoms with Gasteiger partial charge in [0.2, 0.25) is 10.0 Å². The minimum Gasteiger partial charge on any atom is -0.380 e. The Kier molecular flexibility index (Phi) is 9.17. The Morgan fingerprint density at radius 2 is 1.76 bits per heavy atom. The van der Waals surface area contributed by atoms with E-state index in [-0.39, 0.29) is 11.4 Å². The van der Waals surface area contributed by atoms with E-state index in [1.54, 1.807) is 6.92 Å². The first-order chi connectivity index (χ1) is 18.3. The number of amides is 1. The van der Waals surface area contributed by atoms with Gasteiger partial charge in [-0.25, -0.2) is 8.42 Å². The van der Waals surface area contributed by atoms with E-state index in [0.717, 1.165) is 21.3 Å². The molecule has 38 heavy (non-hydrogen) atoms. The third-order valence-corrected chi connectivity index (χ3v) is 9.57. The van der Waals surface area contributed by atoms with Crippen LogP contribution in [0.15, 0.2) is 76.6 Å². The van der Waals surface area contributed by atoms with Gasteiger partial charge in [0.15, 0.2) is 4.80 Å². The summed E-state index contributed by atoms with van der Waals surface area (Å²) in [6.45, 7) is 7.85. The quantitative estimate of drug-likeness (QED) is 0.230. The molecule has 0 saturated heterocycles. The number of thiazole rings is 1. The van der Waals surface area contributed by atoms with Crippen LogP contribution in [0.1, 0.15) is 35.3 Å². The lowest BCUT2D eigenvalue weighted by Gasteiger charge is -2.20. The van der Waals surface area contributed by atoms with E-state index in [4.69, 9.17) is 16.3 Å². The number of halogens is 1. The molecule has 4 aromatic rings. The highest BCUT2D eigenvalue weighted by molar-refractivity contribution is 7.89. The van der Waals surface area contributed by atoms with Gasteiger partial charge in [-0.1, -0.05) is 60.2 Å². The number of nitrogens with zero attached hydrogens (tertiary/aromatic N) is 3. The first-order valence-electron chi connectivity index (χ1n) is 12.4. The summed E-state index contributed by atoms with van der Waals surface area (Å²) in [7, 11) is -3.73. The number of ether oxygens (including phenoxy) is 1. The summed E-state index contributed by atoms with van der Waals surface area (Å²) in [6, 6.07) is 19.1. The molecule has 0 unspecified atom stereocenters. The molecule has 0 atom stereocenters.